The monoisotopic (exact) mass is 820 g/mol. The van der Waals surface area contributed by atoms with Crippen molar-refractivity contribution in [3.05, 3.63) is 12.2 Å². The van der Waals surface area contributed by atoms with Crippen molar-refractivity contribution in [1.82, 2.24) is 5.32 Å². The smallest absolute Gasteiger partial charge is 0.222 e. The van der Waals surface area contributed by atoms with Crippen molar-refractivity contribution in [1.29, 1.82) is 0 Å². The minimum Gasteiger partial charge on any atom is -0.394 e. The van der Waals surface area contributed by atoms with Crippen LogP contribution in [0.1, 0.15) is 296 Å². The fourth-order valence-corrected chi connectivity index (χ4v) is 8.52. The highest BCUT2D eigenvalue weighted by molar-refractivity contribution is 5.76. The quantitative estimate of drug-likeness (QED) is 0.0364. The highest BCUT2D eigenvalue weighted by atomic mass is 16.3. The second-order valence-corrected chi connectivity index (χ2v) is 18.5. The van der Waals surface area contributed by atoms with Crippen LogP contribution in [-0.4, -0.2) is 46.1 Å². The molecule has 58 heavy (non-hydrogen) atoms. The lowest BCUT2D eigenvalue weighted by Crippen LogP contribution is -2.46. The van der Waals surface area contributed by atoms with E-state index in [0.29, 0.717) is 12.8 Å². The Morgan fingerprint density at radius 3 is 1.00 bits per heavy atom. The number of unbranched alkanes of at least 4 members (excludes halogenated alkanes) is 38. The summed E-state index contributed by atoms with van der Waals surface area (Å²) in [4.78, 5) is 12.5. The van der Waals surface area contributed by atoms with Gasteiger partial charge in [0, 0.05) is 0 Å². The Hall–Kier alpha value is -0.910. The molecular formula is C53H105NO4. The third kappa shape index (κ3) is 44.6. The zero-order valence-corrected chi connectivity index (χ0v) is 39.5. The predicted molar refractivity (Wildman–Crippen MR) is 255 cm³/mol. The van der Waals surface area contributed by atoms with Gasteiger partial charge < -0.3 is 20.6 Å². The predicted octanol–water partition coefficient (Wildman–Crippen LogP) is 15.9. The molecule has 0 aromatic heterocycles. The van der Waals surface area contributed by atoms with Gasteiger partial charge in [0.25, 0.3) is 0 Å². The molecule has 4 N–H and O–H groups in total. The van der Waals surface area contributed by atoms with Gasteiger partial charge in [0.05, 0.1) is 31.3 Å². The minimum absolute atomic E-state index is 0.0380. The van der Waals surface area contributed by atoms with Crippen LogP contribution in [0.15, 0.2) is 12.2 Å². The molecule has 0 fully saturated rings. The highest BCUT2D eigenvalue weighted by Gasteiger charge is 2.21. The Kier molecular flexibility index (Phi) is 48.0. The number of aliphatic hydroxyl groups excluding tert-OH is 3. The van der Waals surface area contributed by atoms with Crippen LogP contribution in [0.25, 0.3) is 0 Å². The SMILES string of the molecule is CCCCCCCCCCCCCC/C=C\CCCCCCCCCCC(O)CC(=O)NC(CO)C(O)CCCCCCCCCCCCCCCCCCCCC. The van der Waals surface area contributed by atoms with Crippen LogP contribution in [0.3, 0.4) is 0 Å². The zero-order chi connectivity index (χ0) is 42.3. The minimum atomic E-state index is -0.748. The summed E-state index contributed by atoms with van der Waals surface area (Å²) in [6, 6.07) is -0.657. The molecule has 0 aliphatic rings. The molecule has 0 bridgehead atoms. The molecule has 0 heterocycles. The number of allylic oxidation sites excluding steroid dienone is 2. The number of hydrogen-bond acceptors (Lipinski definition) is 4. The van der Waals surface area contributed by atoms with Gasteiger partial charge in [-0.15, -0.1) is 0 Å². The second-order valence-electron chi connectivity index (χ2n) is 18.5. The summed E-state index contributed by atoms with van der Waals surface area (Å²) in [5.41, 5.74) is 0. The topological polar surface area (TPSA) is 89.8 Å². The number of nitrogens with one attached hydrogen (secondary N) is 1. The van der Waals surface area contributed by atoms with E-state index in [1.165, 1.54) is 238 Å². The number of carbonyl (C=O) groups is 1. The lowest BCUT2D eigenvalue weighted by atomic mass is 10.0. The van der Waals surface area contributed by atoms with Gasteiger partial charge in [0.1, 0.15) is 0 Å². The van der Waals surface area contributed by atoms with Crippen molar-refractivity contribution in [3.8, 4) is 0 Å². The molecule has 346 valence electrons. The van der Waals surface area contributed by atoms with Gasteiger partial charge in [-0.2, -0.15) is 0 Å². The fraction of sp³-hybridized carbons (Fsp3) is 0.943. The van der Waals surface area contributed by atoms with E-state index in [4.69, 9.17) is 0 Å². The molecule has 0 aromatic carbocycles. The molecule has 0 saturated carbocycles. The average Bonchev–Trinajstić information content (AvgIpc) is 3.22. The van der Waals surface area contributed by atoms with Crippen LogP contribution >= 0.6 is 0 Å². The lowest BCUT2D eigenvalue weighted by molar-refractivity contribution is -0.125. The van der Waals surface area contributed by atoms with E-state index in [-0.39, 0.29) is 18.9 Å². The molecule has 0 saturated heterocycles. The lowest BCUT2D eigenvalue weighted by Gasteiger charge is -2.23. The Balaban J connectivity index is 3.54. The van der Waals surface area contributed by atoms with Gasteiger partial charge in [0.15, 0.2) is 0 Å². The van der Waals surface area contributed by atoms with E-state index in [9.17, 15) is 20.1 Å². The molecule has 0 aliphatic heterocycles. The molecule has 0 aliphatic carbocycles. The molecule has 0 radical (unpaired) electrons. The maximum absolute atomic E-state index is 12.5. The first-order valence-corrected chi connectivity index (χ1v) is 26.5. The number of hydrogen-bond donors (Lipinski definition) is 4. The highest BCUT2D eigenvalue weighted by Crippen LogP contribution is 2.17. The van der Waals surface area contributed by atoms with Crippen LogP contribution in [-0.2, 0) is 4.79 Å². The summed E-state index contributed by atoms with van der Waals surface area (Å²) >= 11 is 0. The van der Waals surface area contributed by atoms with Crippen LogP contribution in [0.2, 0.25) is 0 Å². The van der Waals surface area contributed by atoms with E-state index in [1.807, 2.05) is 0 Å². The second kappa shape index (κ2) is 48.8. The van der Waals surface area contributed by atoms with Gasteiger partial charge in [-0.1, -0.05) is 264 Å². The third-order valence-corrected chi connectivity index (χ3v) is 12.6. The van der Waals surface area contributed by atoms with Crippen molar-refractivity contribution in [2.45, 2.75) is 315 Å². The normalized spacial score (nSPS) is 13.4. The van der Waals surface area contributed by atoms with Gasteiger partial charge >= 0.3 is 0 Å². The van der Waals surface area contributed by atoms with Crippen molar-refractivity contribution in [3.63, 3.8) is 0 Å². The number of rotatable bonds is 49. The largest absolute Gasteiger partial charge is 0.394 e. The van der Waals surface area contributed by atoms with Gasteiger partial charge in [-0.25, -0.2) is 0 Å². The summed E-state index contributed by atoms with van der Waals surface area (Å²) in [6.07, 6.45) is 59.2. The summed E-state index contributed by atoms with van der Waals surface area (Å²) in [7, 11) is 0. The molecule has 5 heteroatoms. The standard InChI is InChI=1S/C53H105NO4/c1-3-5-7-9-11-13-15-17-19-21-23-24-25-26-27-29-30-32-34-36-38-40-42-44-46-50(56)48-53(58)54-51(49-55)52(57)47-45-43-41-39-37-35-33-31-28-22-20-18-16-14-12-10-8-6-4-2/h26-27,50-52,55-57H,3-25,28-49H2,1-2H3,(H,54,58)/b27-26-. The first-order valence-electron chi connectivity index (χ1n) is 26.5. The third-order valence-electron chi connectivity index (χ3n) is 12.6. The number of amides is 1. The first kappa shape index (κ1) is 57.1. The molecule has 0 aromatic rings. The Labute approximate surface area is 363 Å². The van der Waals surface area contributed by atoms with E-state index in [2.05, 4.69) is 31.3 Å². The summed E-state index contributed by atoms with van der Waals surface area (Å²) in [5, 5.41) is 33.6. The van der Waals surface area contributed by atoms with Gasteiger partial charge in [0.2, 0.25) is 5.91 Å². The summed E-state index contributed by atoms with van der Waals surface area (Å²) in [5.74, 6) is -0.280. The molecule has 3 unspecified atom stereocenters. The average molecular weight is 820 g/mol. The van der Waals surface area contributed by atoms with Crippen molar-refractivity contribution in [2.24, 2.45) is 0 Å². The van der Waals surface area contributed by atoms with E-state index in [1.54, 1.807) is 0 Å². The molecule has 5 nitrogen and oxygen atoms in total. The van der Waals surface area contributed by atoms with Crippen molar-refractivity contribution in [2.75, 3.05) is 6.61 Å². The zero-order valence-electron chi connectivity index (χ0n) is 39.5. The molecule has 1 amide bonds. The van der Waals surface area contributed by atoms with Gasteiger partial charge in [-0.3, -0.25) is 4.79 Å². The van der Waals surface area contributed by atoms with E-state index < -0.39 is 18.2 Å². The van der Waals surface area contributed by atoms with Crippen LogP contribution in [0, 0.1) is 0 Å². The maximum atomic E-state index is 12.5. The van der Waals surface area contributed by atoms with E-state index in [0.717, 1.165) is 25.7 Å². The molecule has 3 atom stereocenters. The van der Waals surface area contributed by atoms with E-state index >= 15 is 0 Å². The molecular weight excluding hydrogens is 715 g/mol. The first-order chi connectivity index (χ1) is 28.5. The summed E-state index contributed by atoms with van der Waals surface area (Å²) < 4.78 is 0. The number of carbonyl (C=O) groups excluding carboxylic acids is 1. The maximum Gasteiger partial charge on any atom is 0.222 e. The molecule has 0 rings (SSSR count). The van der Waals surface area contributed by atoms with Crippen molar-refractivity contribution >= 4 is 5.91 Å². The summed E-state index contributed by atoms with van der Waals surface area (Å²) in [6.45, 7) is 4.30. The fourth-order valence-electron chi connectivity index (χ4n) is 8.52. The number of aliphatic hydroxyl groups is 3. The van der Waals surface area contributed by atoms with Gasteiger partial charge in [-0.05, 0) is 38.5 Å². The molecule has 0 spiro atoms. The van der Waals surface area contributed by atoms with Crippen LogP contribution in [0.5, 0.6) is 0 Å². The Morgan fingerprint density at radius 2 is 0.690 bits per heavy atom. The Morgan fingerprint density at radius 1 is 0.414 bits per heavy atom. The van der Waals surface area contributed by atoms with Crippen molar-refractivity contribution < 1.29 is 20.1 Å². The Bertz CT molecular complexity index is 818. The van der Waals surface area contributed by atoms with Crippen LogP contribution < -0.4 is 5.32 Å². The van der Waals surface area contributed by atoms with Crippen LogP contribution in [0.4, 0.5) is 0 Å².